The predicted molar refractivity (Wildman–Crippen MR) is 122 cm³/mol. The van der Waals surface area contributed by atoms with Gasteiger partial charge >= 0.3 is 0 Å². The van der Waals surface area contributed by atoms with Gasteiger partial charge in [0.15, 0.2) is 5.96 Å². The topological polar surface area (TPSA) is 77.0 Å². The summed E-state index contributed by atoms with van der Waals surface area (Å²) < 4.78 is 16.4. The van der Waals surface area contributed by atoms with Crippen LogP contribution in [-0.2, 0) is 11.3 Å². The standard InChI is InChI=1S/C20H28N4O3.HI/c1-16-6-8-18(9-7-16)26-12-11-23-20(21-2)24-15-17-5-4-10-22-19(17)27-14-13-25-3;/h4-10H,11-15H2,1-3H3,(H2,21,23,24);1H. The van der Waals surface area contributed by atoms with E-state index in [2.05, 4.69) is 27.5 Å². The van der Waals surface area contributed by atoms with Gasteiger partial charge in [0.05, 0.1) is 13.2 Å². The van der Waals surface area contributed by atoms with E-state index in [-0.39, 0.29) is 24.0 Å². The molecular weight excluding hydrogens is 471 g/mol. The van der Waals surface area contributed by atoms with Crippen LogP contribution in [0, 0.1) is 6.92 Å². The van der Waals surface area contributed by atoms with Gasteiger partial charge in [-0.2, -0.15) is 0 Å². The molecule has 0 aliphatic rings. The van der Waals surface area contributed by atoms with Crippen molar-refractivity contribution in [2.24, 2.45) is 4.99 Å². The normalized spacial score (nSPS) is 10.8. The average Bonchev–Trinajstić information content (AvgIpc) is 2.70. The van der Waals surface area contributed by atoms with E-state index in [4.69, 9.17) is 14.2 Å². The zero-order valence-corrected chi connectivity index (χ0v) is 18.9. The Balaban J connectivity index is 0.00000392. The molecule has 8 heteroatoms. The van der Waals surface area contributed by atoms with Crippen molar-refractivity contribution in [3.8, 4) is 11.6 Å². The van der Waals surface area contributed by atoms with Gasteiger partial charge in [0, 0.05) is 32.5 Å². The fourth-order valence-electron chi connectivity index (χ4n) is 2.28. The molecule has 7 nitrogen and oxygen atoms in total. The van der Waals surface area contributed by atoms with Crippen molar-refractivity contribution in [1.29, 1.82) is 0 Å². The number of hydrogen-bond donors (Lipinski definition) is 2. The Kier molecular flexibility index (Phi) is 12.0. The van der Waals surface area contributed by atoms with Gasteiger partial charge in [-0.15, -0.1) is 24.0 Å². The van der Waals surface area contributed by atoms with Gasteiger partial charge in [0.1, 0.15) is 19.0 Å². The number of ether oxygens (including phenoxy) is 3. The molecule has 0 saturated heterocycles. The number of halogens is 1. The Morgan fingerprint density at radius 1 is 1.04 bits per heavy atom. The van der Waals surface area contributed by atoms with E-state index in [1.54, 1.807) is 20.4 Å². The minimum atomic E-state index is 0. The molecule has 0 aliphatic carbocycles. The first-order chi connectivity index (χ1) is 13.2. The number of pyridine rings is 1. The van der Waals surface area contributed by atoms with Crippen LogP contribution in [0.25, 0.3) is 0 Å². The minimum Gasteiger partial charge on any atom is -0.492 e. The second-order valence-electron chi connectivity index (χ2n) is 5.82. The molecule has 1 aromatic heterocycles. The number of rotatable bonds is 10. The lowest BCUT2D eigenvalue weighted by molar-refractivity contribution is 0.143. The fourth-order valence-corrected chi connectivity index (χ4v) is 2.28. The molecule has 2 rings (SSSR count). The summed E-state index contributed by atoms with van der Waals surface area (Å²) in [6.07, 6.45) is 1.71. The van der Waals surface area contributed by atoms with Gasteiger partial charge < -0.3 is 24.8 Å². The van der Waals surface area contributed by atoms with Gasteiger partial charge in [-0.25, -0.2) is 4.98 Å². The molecule has 0 fully saturated rings. The summed E-state index contributed by atoms with van der Waals surface area (Å²) in [7, 11) is 3.37. The quantitative estimate of drug-likeness (QED) is 0.226. The highest BCUT2D eigenvalue weighted by Crippen LogP contribution is 2.14. The van der Waals surface area contributed by atoms with Crippen LogP contribution >= 0.6 is 24.0 Å². The summed E-state index contributed by atoms with van der Waals surface area (Å²) in [5, 5.41) is 6.48. The third kappa shape index (κ3) is 8.75. The second kappa shape index (κ2) is 14.0. The lowest BCUT2D eigenvalue weighted by Gasteiger charge is -2.14. The third-order valence-electron chi connectivity index (χ3n) is 3.73. The molecule has 0 radical (unpaired) electrons. The highest BCUT2D eigenvalue weighted by molar-refractivity contribution is 14.0. The first-order valence-corrected chi connectivity index (χ1v) is 8.92. The first-order valence-electron chi connectivity index (χ1n) is 8.92. The summed E-state index contributed by atoms with van der Waals surface area (Å²) in [5.41, 5.74) is 2.17. The maximum absolute atomic E-state index is 5.71. The molecular formula is C20H29IN4O3. The van der Waals surface area contributed by atoms with Crippen LogP contribution in [0.15, 0.2) is 47.6 Å². The van der Waals surface area contributed by atoms with E-state index in [1.807, 2.05) is 36.4 Å². The maximum atomic E-state index is 5.71. The zero-order valence-electron chi connectivity index (χ0n) is 16.6. The van der Waals surface area contributed by atoms with E-state index in [0.29, 0.717) is 44.7 Å². The van der Waals surface area contributed by atoms with E-state index < -0.39 is 0 Å². The SMILES string of the molecule is CN=C(NCCOc1ccc(C)cc1)NCc1cccnc1OCCOC.I. The number of nitrogens with one attached hydrogen (secondary N) is 2. The molecule has 0 amide bonds. The molecule has 2 N–H and O–H groups in total. The predicted octanol–water partition coefficient (Wildman–Crippen LogP) is 2.78. The number of guanidine groups is 1. The number of methoxy groups -OCH3 is 1. The second-order valence-corrected chi connectivity index (χ2v) is 5.82. The van der Waals surface area contributed by atoms with Crippen molar-refractivity contribution in [3.63, 3.8) is 0 Å². The van der Waals surface area contributed by atoms with Gasteiger partial charge in [-0.3, -0.25) is 4.99 Å². The third-order valence-corrected chi connectivity index (χ3v) is 3.73. The van der Waals surface area contributed by atoms with E-state index in [1.165, 1.54) is 5.56 Å². The Labute approximate surface area is 183 Å². The lowest BCUT2D eigenvalue weighted by Crippen LogP contribution is -2.39. The summed E-state index contributed by atoms with van der Waals surface area (Å²) in [6.45, 7) is 4.77. The average molecular weight is 500 g/mol. The number of aryl methyl sites for hydroxylation is 1. The van der Waals surface area contributed by atoms with Crippen molar-refractivity contribution in [1.82, 2.24) is 15.6 Å². The lowest BCUT2D eigenvalue weighted by atomic mass is 10.2. The molecule has 0 unspecified atom stereocenters. The van der Waals surface area contributed by atoms with Crippen molar-refractivity contribution in [2.75, 3.05) is 40.5 Å². The number of aromatic nitrogens is 1. The molecule has 0 atom stereocenters. The Morgan fingerprint density at radius 3 is 2.54 bits per heavy atom. The monoisotopic (exact) mass is 500 g/mol. The number of aliphatic imine (C=N–C) groups is 1. The summed E-state index contributed by atoms with van der Waals surface area (Å²) in [5.74, 6) is 2.15. The van der Waals surface area contributed by atoms with Gasteiger partial charge in [-0.05, 0) is 25.1 Å². The van der Waals surface area contributed by atoms with E-state index >= 15 is 0 Å². The number of hydrogen-bond acceptors (Lipinski definition) is 5. The van der Waals surface area contributed by atoms with Crippen LogP contribution in [0.3, 0.4) is 0 Å². The van der Waals surface area contributed by atoms with Crippen molar-refractivity contribution in [3.05, 3.63) is 53.7 Å². The van der Waals surface area contributed by atoms with E-state index in [9.17, 15) is 0 Å². The molecule has 0 bridgehead atoms. The number of nitrogens with zero attached hydrogens (tertiary/aromatic N) is 2. The van der Waals surface area contributed by atoms with Crippen molar-refractivity contribution in [2.45, 2.75) is 13.5 Å². The van der Waals surface area contributed by atoms with Crippen LogP contribution < -0.4 is 20.1 Å². The Morgan fingerprint density at radius 2 is 1.82 bits per heavy atom. The summed E-state index contributed by atoms with van der Waals surface area (Å²) in [6, 6.07) is 11.8. The summed E-state index contributed by atoms with van der Waals surface area (Å²) >= 11 is 0. The Bertz CT molecular complexity index is 711. The molecule has 0 aliphatic heterocycles. The molecule has 28 heavy (non-hydrogen) atoms. The van der Waals surface area contributed by atoms with Gasteiger partial charge in [0.2, 0.25) is 5.88 Å². The molecule has 1 aromatic carbocycles. The highest BCUT2D eigenvalue weighted by Gasteiger charge is 2.06. The highest BCUT2D eigenvalue weighted by atomic mass is 127. The fraction of sp³-hybridized carbons (Fsp3) is 0.400. The van der Waals surface area contributed by atoms with Gasteiger partial charge in [0.25, 0.3) is 0 Å². The van der Waals surface area contributed by atoms with Gasteiger partial charge in [-0.1, -0.05) is 23.8 Å². The van der Waals surface area contributed by atoms with Crippen LogP contribution in [0.1, 0.15) is 11.1 Å². The molecule has 0 spiro atoms. The molecule has 1 heterocycles. The van der Waals surface area contributed by atoms with E-state index in [0.717, 1.165) is 11.3 Å². The van der Waals surface area contributed by atoms with Crippen molar-refractivity contribution >= 4 is 29.9 Å². The summed E-state index contributed by atoms with van der Waals surface area (Å²) in [4.78, 5) is 8.49. The van der Waals surface area contributed by atoms with Crippen LogP contribution in [-0.4, -0.2) is 51.5 Å². The first kappa shape index (κ1) is 24.0. The molecule has 154 valence electrons. The zero-order chi connectivity index (χ0) is 19.3. The maximum Gasteiger partial charge on any atom is 0.218 e. The molecule has 2 aromatic rings. The van der Waals surface area contributed by atoms with Crippen molar-refractivity contribution < 1.29 is 14.2 Å². The minimum absolute atomic E-state index is 0. The Hall–Kier alpha value is -2.07. The number of benzene rings is 1. The molecule has 0 saturated carbocycles. The van der Waals surface area contributed by atoms with Crippen LogP contribution in [0.5, 0.6) is 11.6 Å². The smallest absolute Gasteiger partial charge is 0.218 e. The van der Waals surface area contributed by atoms with Crippen LogP contribution in [0.4, 0.5) is 0 Å². The van der Waals surface area contributed by atoms with Crippen LogP contribution in [0.2, 0.25) is 0 Å². The largest absolute Gasteiger partial charge is 0.492 e.